The smallest absolute Gasteiger partial charge is 0.0512 e. The zero-order valence-electron chi connectivity index (χ0n) is 9.83. The van der Waals surface area contributed by atoms with E-state index in [9.17, 15) is 0 Å². The molecular weight excluding hydrogens is 182 g/mol. The van der Waals surface area contributed by atoms with Gasteiger partial charge in [-0.15, -0.1) is 0 Å². The molecule has 0 saturated heterocycles. The third-order valence-electron chi connectivity index (χ3n) is 2.48. The molecule has 1 heteroatoms. The zero-order valence-corrected chi connectivity index (χ0v) is 9.83. The summed E-state index contributed by atoms with van der Waals surface area (Å²) < 4.78 is 2.26. The van der Waals surface area contributed by atoms with E-state index < -0.39 is 0 Å². The molecule has 0 aliphatic rings. The summed E-state index contributed by atoms with van der Waals surface area (Å²) >= 11 is 0. The molecule has 15 heavy (non-hydrogen) atoms. The van der Waals surface area contributed by atoms with Crippen molar-refractivity contribution in [3.05, 3.63) is 48.1 Å². The van der Waals surface area contributed by atoms with Gasteiger partial charge in [0.1, 0.15) is 0 Å². The fourth-order valence-electron chi connectivity index (χ4n) is 1.68. The Hall–Kier alpha value is -1.50. The fourth-order valence-corrected chi connectivity index (χ4v) is 1.68. The molecule has 1 heterocycles. The summed E-state index contributed by atoms with van der Waals surface area (Å²) in [4.78, 5) is 0. The van der Waals surface area contributed by atoms with Gasteiger partial charge in [0.15, 0.2) is 0 Å². The van der Waals surface area contributed by atoms with Gasteiger partial charge in [-0.1, -0.05) is 31.4 Å². The van der Waals surface area contributed by atoms with Crippen molar-refractivity contribution >= 4 is 11.6 Å². The maximum atomic E-state index is 3.83. The number of hydrogen-bond acceptors (Lipinski definition) is 0. The largest absolute Gasteiger partial charge is 0.345 e. The van der Waals surface area contributed by atoms with Crippen LogP contribution in [0.15, 0.2) is 37.6 Å². The lowest BCUT2D eigenvalue weighted by Gasteiger charge is -2.08. The molecule has 0 unspecified atom stereocenters. The van der Waals surface area contributed by atoms with Crippen LogP contribution >= 0.6 is 0 Å². The monoisotopic (exact) mass is 201 g/mol. The van der Waals surface area contributed by atoms with Gasteiger partial charge in [-0.3, -0.25) is 0 Å². The first-order chi connectivity index (χ1) is 7.11. The zero-order chi connectivity index (χ0) is 11.4. The molecule has 0 radical (unpaired) electrons. The Kier molecular flexibility index (Phi) is 3.73. The Morgan fingerprint density at radius 1 is 1.40 bits per heavy atom. The maximum absolute atomic E-state index is 3.83. The van der Waals surface area contributed by atoms with E-state index in [0.717, 1.165) is 0 Å². The standard InChI is InChI=1S/C14H19N/c1-6-8-13-9-10-15(11(3)4)14(13)12(5)7-2/h6-11H,1-2H2,3-5H3/b13-8-,14-12+. The summed E-state index contributed by atoms with van der Waals surface area (Å²) in [6, 6.07) is 2.58. The van der Waals surface area contributed by atoms with E-state index >= 15 is 0 Å². The van der Waals surface area contributed by atoms with Crippen LogP contribution in [0.4, 0.5) is 0 Å². The van der Waals surface area contributed by atoms with Crippen molar-refractivity contribution in [3.63, 3.8) is 0 Å². The van der Waals surface area contributed by atoms with E-state index in [1.54, 1.807) is 0 Å². The topological polar surface area (TPSA) is 4.93 Å². The second-order valence-corrected chi connectivity index (χ2v) is 3.91. The predicted molar refractivity (Wildman–Crippen MR) is 68.0 cm³/mol. The quantitative estimate of drug-likeness (QED) is 0.707. The fraction of sp³-hybridized carbons (Fsp3) is 0.286. The number of hydrogen-bond donors (Lipinski definition) is 0. The Bertz CT molecular complexity index is 472. The highest BCUT2D eigenvalue weighted by molar-refractivity contribution is 5.53. The molecule has 0 aliphatic heterocycles. The van der Waals surface area contributed by atoms with Crippen LogP contribution in [0.2, 0.25) is 0 Å². The van der Waals surface area contributed by atoms with Crippen LogP contribution in [-0.4, -0.2) is 4.57 Å². The van der Waals surface area contributed by atoms with E-state index in [-0.39, 0.29) is 0 Å². The minimum Gasteiger partial charge on any atom is -0.345 e. The van der Waals surface area contributed by atoms with Crippen molar-refractivity contribution < 1.29 is 0 Å². The summed E-state index contributed by atoms with van der Waals surface area (Å²) in [5.74, 6) is 0. The molecule has 1 aromatic heterocycles. The van der Waals surface area contributed by atoms with Gasteiger partial charge in [0.05, 0.1) is 5.35 Å². The van der Waals surface area contributed by atoms with Gasteiger partial charge in [-0.05, 0) is 37.6 Å². The van der Waals surface area contributed by atoms with Crippen LogP contribution < -0.4 is 10.6 Å². The minimum absolute atomic E-state index is 0.460. The van der Waals surface area contributed by atoms with Crippen molar-refractivity contribution in [2.45, 2.75) is 26.8 Å². The molecule has 0 spiro atoms. The second kappa shape index (κ2) is 4.83. The van der Waals surface area contributed by atoms with Gasteiger partial charge in [0.25, 0.3) is 0 Å². The highest BCUT2D eigenvalue weighted by atomic mass is 15.0. The van der Waals surface area contributed by atoms with E-state index in [0.29, 0.717) is 6.04 Å². The predicted octanol–water partition coefficient (Wildman–Crippen LogP) is 2.39. The van der Waals surface area contributed by atoms with E-state index in [2.05, 4.69) is 50.8 Å². The van der Waals surface area contributed by atoms with Crippen LogP contribution in [0.1, 0.15) is 26.8 Å². The molecule has 0 atom stereocenters. The van der Waals surface area contributed by atoms with Crippen LogP contribution in [0.5, 0.6) is 0 Å². The lowest BCUT2D eigenvalue weighted by molar-refractivity contribution is 0.587. The second-order valence-electron chi connectivity index (χ2n) is 3.91. The molecule has 0 fully saturated rings. The number of nitrogens with zero attached hydrogens (tertiary/aromatic N) is 1. The molecule has 0 aliphatic carbocycles. The van der Waals surface area contributed by atoms with Crippen LogP contribution in [0, 0.1) is 0 Å². The molecule has 0 N–H and O–H groups in total. The first kappa shape index (κ1) is 11.6. The molecule has 0 aromatic carbocycles. The maximum Gasteiger partial charge on any atom is 0.0512 e. The van der Waals surface area contributed by atoms with Gasteiger partial charge in [0.2, 0.25) is 0 Å². The molecule has 1 rings (SSSR count). The highest BCUT2D eigenvalue weighted by Gasteiger charge is 2.01. The van der Waals surface area contributed by atoms with Crippen LogP contribution in [0.25, 0.3) is 11.6 Å². The normalized spacial score (nSPS) is 14.3. The average Bonchev–Trinajstić information content (AvgIpc) is 2.61. The lowest BCUT2D eigenvalue weighted by Crippen LogP contribution is -2.31. The number of rotatable bonds is 3. The Balaban J connectivity index is 3.69. The summed E-state index contributed by atoms with van der Waals surface area (Å²) in [5, 5.41) is 2.44. The minimum atomic E-state index is 0.460. The third-order valence-corrected chi connectivity index (χ3v) is 2.48. The van der Waals surface area contributed by atoms with Gasteiger partial charge in [0, 0.05) is 12.2 Å². The van der Waals surface area contributed by atoms with Crippen molar-refractivity contribution in [2.75, 3.05) is 0 Å². The van der Waals surface area contributed by atoms with E-state index in [4.69, 9.17) is 0 Å². The molecule has 0 bridgehead atoms. The summed E-state index contributed by atoms with van der Waals surface area (Å²) in [5.41, 5.74) is 1.20. The first-order valence-electron chi connectivity index (χ1n) is 5.24. The van der Waals surface area contributed by atoms with Crippen molar-refractivity contribution in [1.82, 2.24) is 4.57 Å². The molecule has 1 aromatic rings. The first-order valence-corrected chi connectivity index (χ1v) is 5.24. The summed E-state index contributed by atoms with van der Waals surface area (Å²) in [6.07, 6.45) is 7.86. The summed E-state index contributed by atoms with van der Waals surface area (Å²) in [7, 11) is 0. The van der Waals surface area contributed by atoms with Crippen LogP contribution in [-0.2, 0) is 0 Å². The molecule has 0 saturated carbocycles. The molecule has 80 valence electrons. The highest BCUT2D eigenvalue weighted by Crippen LogP contribution is 1.99. The van der Waals surface area contributed by atoms with E-state index in [1.807, 2.05) is 18.2 Å². The number of allylic oxidation sites excluding steroid dienone is 2. The lowest BCUT2D eigenvalue weighted by atomic mass is 10.2. The van der Waals surface area contributed by atoms with Gasteiger partial charge in [-0.2, -0.15) is 0 Å². The van der Waals surface area contributed by atoms with Gasteiger partial charge >= 0.3 is 0 Å². The Morgan fingerprint density at radius 3 is 2.53 bits per heavy atom. The summed E-state index contributed by atoms with van der Waals surface area (Å²) in [6.45, 7) is 14.0. The SMILES string of the molecule is C=C/C=c1/ccn(C(C)C)/c1=C(\C)C=C. The van der Waals surface area contributed by atoms with Gasteiger partial charge in [-0.25, -0.2) is 0 Å². The molecule has 0 amide bonds. The molecule has 1 nitrogen and oxygen atoms in total. The van der Waals surface area contributed by atoms with Crippen LogP contribution in [0.3, 0.4) is 0 Å². The average molecular weight is 201 g/mol. The van der Waals surface area contributed by atoms with E-state index in [1.165, 1.54) is 16.1 Å². The van der Waals surface area contributed by atoms with Crippen molar-refractivity contribution in [1.29, 1.82) is 0 Å². The number of aromatic nitrogens is 1. The van der Waals surface area contributed by atoms with Crippen molar-refractivity contribution in [2.24, 2.45) is 0 Å². The van der Waals surface area contributed by atoms with Gasteiger partial charge < -0.3 is 4.57 Å². The Labute approximate surface area is 91.7 Å². The van der Waals surface area contributed by atoms with Crippen molar-refractivity contribution in [3.8, 4) is 0 Å². The third kappa shape index (κ3) is 2.30. The molecular formula is C14H19N. The Morgan fingerprint density at radius 2 is 2.07 bits per heavy atom.